The highest BCUT2D eigenvalue weighted by Crippen LogP contribution is 2.30. The van der Waals surface area contributed by atoms with Crippen molar-refractivity contribution in [2.24, 2.45) is 5.92 Å². The van der Waals surface area contributed by atoms with Gasteiger partial charge < -0.3 is 9.47 Å². The normalized spacial score (nSPS) is 14.8. The summed E-state index contributed by atoms with van der Waals surface area (Å²) in [6.45, 7) is 6.38. The number of amides is 1. The first kappa shape index (κ1) is 20.8. The van der Waals surface area contributed by atoms with Crippen molar-refractivity contribution in [3.8, 4) is 0 Å². The Morgan fingerprint density at radius 1 is 1.25 bits per heavy atom. The lowest BCUT2D eigenvalue weighted by molar-refractivity contribution is -0.131. The molecule has 28 heavy (non-hydrogen) atoms. The van der Waals surface area contributed by atoms with Gasteiger partial charge in [0.1, 0.15) is 5.82 Å². The summed E-state index contributed by atoms with van der Waals surface area (Å²) >= 11 is 0. The van der Waals surface area contributed by atoms with E-state index in [1.54, 1.807) is 18.2 Å². The number of fused-ring (bicyclic) bond motifs is 1. The zero-order valence-electron chi connectivity index (χ0n) is 17.2. The molecular weight excluding hydrogens is 376 g/mol. The molecule has 1 aromatic carbocycles. The van der Waals surface area contributed by atoms with Gasteiger partial charge in [-0.15, -0.1) is 0 Å². The number of sulfonamides is 1. The topological polar surface area (TPSA) is 75.5 Å². The van der Waals surface area contributed by atoms with E-state index < -0.39 is 10.0 Å². The average molecular weight is 407 g/mol. The lowest BCUT2D eigenvalue weighted by atomic mass is 10.2. The van der Waals surface area contributed by atoms with Crippen LogP contribution in [0.5, 0.6) is 0 Å². The first-order valence-electron chi connectivity index (χ1n) is 9.97. The van der Waals surface area contributed by atoms with Gasteiger partial charge in [0.2, 0.25) is 15.9 Å². The molecule has 1 fully saturated rings. The summed E-state index contributed by atoms with van der Waals surface area (Å²) in [6.07, 6.45) is 3.44. The summed E-state index contributed by atoms with van der Waals surface area (Å²) in [4.78, 5) is 19.4. The van der Waals surface area contributed by atoms with Crippen LogP contribution in [-0.2, 0) is 27.8 Å². The Morgan fingerprint density at radius 3 is 2.54 bits per heavy atom. The van der Waals surface area contributed by atoms with Crippen LogP contribution in [0.3, 0.4) is 0 Å². The minimum absolute atomic E-state index is 0.167. The molecule has 7 nitrogen and oxygen atoms in total. The van der Waals surface area contributed by atoms with E-state index in [-0.39, 0.29) is 10.8 Å². The van der Waals surface area contributed by atoms with Crippen LogP contribution in [0.4, 0.5) is 0 Å². The van der Waals surface area contributed by atoms with Crippen molar-refractivity contribution >= 4 is 27.0 Å². The third-order valence-corrected chi connectivity index (χ3v) is 7.18. The third-order valence-electron chi connectivity index (χ3n) is 5.37. The Hall–Kier alpha value is -1.93. The van der Waals surface area contributed by atoms with Crippen LogP contribution in [0.1, 0.15) is 38.9 Å². The Balaban J connectivity index is 1.81. The zero-order chi connectivity index (χ0) is 20.5. The van der Waals surface area contributed by atoms with E-state index in [1.807, 2.05) is 18.7 Å². The lowest BCUT2D eigenvalue weighted by Crippen LogP contribution is -2.33. The van der Waals surface area contributed by atoms with Gasteiger partial charge in [-0.2, -0.15) is 0 Å². The van der Waals surface area contributed by atoms with Crippen LogP contribution in [0, 0.1) is 5.92 Å². The summed E-state index contributed by atoms with van der Waals surface area (Å²) in [7, 11) is -0.469. The molecule has 0 aliphatic heterocycles. The Bertz CT molecular complexity index is 961. The first-order valence-corrected chi connectivity index (χ1v) is 11.4. The van der Waals surface area contributed by atoms with Gasteiger partial charge >= 0.3 is 0 Å². The largest absolute Gasteiger partial charge is 0.343 e. The van der Waals surface area contributed by atoms with E-state index in [9.17, 15) is 13.2 Å². The van der Waals surface area contributed by atoms with Crippen molar-refractivity contribution in [3.05, 3.63) is 24.0 Å². The molecule has 1 saturated carbocycles. The summed E-state index contributed by atoms with van der Waals surface area (Å²) in [6, 6.07) is 5.04. The molecule has 1 amide bonds. The van der Waals surface area contributed by atoms with E-state index >= 15 is 0 Å². The second-order valence-corrected chi connectivity index (χ2v) is 9.74. The van der Waals surface area contributed by atoms with Gasteiger partial charge in [-0.3, -0.25) is 4.79 Å². The van der Waals surface area contributed by atoms with E-state index in [2.05, 4.69) is 9.55 Å². The predicted octanol–water partition coefficient (Wildman–Crippen LogP) is 2.50. The number of nitrogens with zero attached hydrogens (tertiary/aromatic N) is 4. The minimum Gasteiger partial charge on any atom is -0.343 e. The molecule has 0 radical (unpaired) electrons. The van der Waals surface area contributed by atoms with Crippen LogP contribution in [0.25, 0.3) is 11.0 Å². The molecule has 0 spiro atoms. The fraction of sp³-hybridized carbons (Fsp3) is 0.600. The SMILES string of the molecule is CCN(CC1CC1)C(=O)CCc1nc2cc(S(=O)(=O)N(C)C)ccc2n1CC. The number of rotatable bonds is 9. The highest BCUT2D eigenvalue weighted by molar-refractivity contribution is 7.89. The summed E-state index contributed by atoms with van der Waals surface area (Å²) in [5.41, 5.74) is 1.55. The second-order valence-electron chi connectivity index (χ2n) is 7.59. The van der Waals surface area contributed by atoms with E-state index in [1.165, 1.54) is 31.2 Å². The Kier molecular flexibility index (Phi) is 6.09. The van der Waals surface area contributed by atoms with Crippen LogP contribution < -0.4 is 0 Å². The highest BCUT2D eigenvalue weighted by atomic mass is 32.2. The summed E-state index contributed by atoms with van der Waals surface area (Å²) in [5, 5.41) is 0. The molecule has 0 atom stereocenters. The van der Waals surface area contributed by atoms with E-state index in [0.717, 1.165) is 31.0 Å². The quantitative estimate of drug-likeness (QED) is 0.641. The lowest BCUT2D eigenvalue weighted by Gasteiger charge is -2.20. The Morgan fingerprint density at radius 2 is 1.96 bits per heavy atom. The predicted molar refractivity (Wildman–Crippen MR) is 110 cm³/mol. The van der Waals surface area contributed by atoms with Gasteiger partial charge in [-0.1, -0.05) is 0 Å². The summed E-state index contributed by atoms with van der Waals surface area (Å²) in [5.74, 6) is 1.67. The standard InChI is InChI=1S/C20H30N4O3S/c1-5-23(14-15-7-8-15)20(25)12-11-19-21-17-13-16(28(26,27)22(3)4)9-10-18(17)24(19)6-2/h9-10,13,15H,5-8,11-12,14H2,1-4H3. The molecule has 0 saturated heterocycles. The molecule has 1 aliphatic carbocycles. The number of imidazole rings is 1. The maximum Gasteiger partial charge on any atom is 0.242 e. The molecule has 154 valence electrons. The average Bonchev–Trinajstić information content (AvgIpc) is 3.42. The monoisotopic (exact) mass is 406 g/mol. The van der Waals surface area contributed by atoms with Crippen LogP contribution in [-0.4, -0.2) is 60.3 Å². The molecule has 0 bridgehead atoms. The zero-order valence-corrected chi connectivity index (χ0v) is 18.0. The van der Waals surface area contributed by atoms with Gasteiger partial charge in [0.05, 0.1) is 15.9 Å². The van der Waals surface area contributed by atoms with Gasteiger partial charge in [-0.25, -0.2) is 17.7 Å². The fourth-order valence-electron chi connectivity index (χ4n) is 3.47. The fourth-order valence-corrected chi connectivity index (χ4v) is 4.39. The van der Waals surface area contributed by atoms with Crippen LogP contribution in [0.15, 0.2) is 23.1 Å². The van der Waals surface area contributed by atoms with Crippen molar-refractivity contribution in [2.75, 3.05) is 27.2 Å². The maximum atomic E-state index is 12.6. The van der Waals surface area contributed by atoms with Gasteiger partial charge in [0.25, 0.3) is 0 Å². The van der Waals surface area contributed by atoms with Crippen molar-refractivity contribution in [2.45, 2.75) is 51.0 Å². The molecule has 1 heterocycles. The number of hydrogen-bond acceptors (Lipinski definition) is 4. The van der Waals surface area contributed by atoms with Gasteiger partial charge in [0, 0.05) is 46.6 Å². The maximum absolute atomic E-state index is 12.6. The minimum atomic E-state index is -3.50. The molecule has 1 aliphatic rings. The number of carbonyl (C=O) groups excluding carboxylic acids is 1. The Labute approximate surface area is 167 Å². The summed E-state index contributed by atoms with van der Waals surface area (Å²) < 4.78 is 28.0. The highest BCUT2D eigenvalue weighted by Gasteiger charge is 2.26. The van der Waals surface area contributed by atoms with E-state index in [0.29, 0.717) is 24.3 Å². The van der Waals surface area contributed by atoms with Crippen molar-refractivity contribution in [1.29, 1.82) is 0 Å². The van der Waals surface area contributed by atoms with Crippen molar-refractivity contribution in [1.82, 2.24) is 18.8 Å². The number of carbonyl (C=O) groups is 1. The van der Waals surface area contributed by atoms with Gasteiger partial charge in [0.15, 0.2) is 0 Å². The third kappa shape index (κ3) is 4.22. The number of aryl methyl sites for hydroxylation is 2. The van der Waals surface area contributed by atoms with Crippen LogP contribution >= 0.6 is 0 Å². The molecule has 8 heteroatoms. The smallest absolute Gasteiger partial charge is 0.242 e. The van der Waals surface area contributed by atoms with Crippen molar-refractivity contribution in [3.63, 3.8) is 0 Å². The molecule has 0 N–H and O–H groups in total. The van der Waals surface area contributed by atoms with Crippen molar-refractivity contribution < 1.29 is 13.2 Å². The number of hydrogen-bond donors (Lipinski definition) is 0. The molecular formula is C20H30N4O3S. The first-order chi connectivity index (χ1) is 13.3. The number of aromatic nitrogens is 2. The van der Waals surface area contributed by atoms with Gasteiger partial charge in [-0.05, 0) is 50.8 Å². The van der Waals surface area contributed by atoms with E-state index in [4.69, 9.17) is 0 Å². The second kappa shape index (κ2) is 8.21. The van der Waals surface area contributed by atoms with Crippen LogP contribution in [0.2, 0.25) is 0 Å². The molecule has 3 rings (SSSR count). The number of benzene rings is 1. The molecule has 2 aromatic rings. The molecule has 1 aromatic heterocycles. The molecule has 0 unspecified atom stereocenters.